The molecular formula is C18H40NPS. The smallest absolute Gasteiger partial charge is 0.0105 e. The van der Waals surface area contributed by atoms with Gasteiger partial charge >= 0.3 is 0 Å². The monoisotopic (exact) mass is 333 g/mol. The first kappa shape index (κ1) is 21.7. The molecule has 0 fully saturated rings. The largest absolute Gasteiger partial charge is 0.271 e. The highest BCUT2D eigenvalue weighted by atomic mass is 32.7. The minimum atomic E-state index is 0.684. The molecular weight excluding hydrogens is 293 g/mol. The van der Waals surface area contributed by atoms with Crippen molar-refractivity contribution in [3.05, 3.63) is 0 Å². The van der Waals surface area contributed by atoms with Crippen LogP contribution in [0.25, 0.3) is 0 Å². The molecule has 0 amide bonds. The molecule has 21 heavy (non-hydrogen) atoms. The zero-order valence-corrected chi connectivity index (χ0v) is 17.1. The Morgan fingerprint density at radius 2 is 1.14 bits per heavy atom. The minimum absolute atomic E-state index is 0.684. The fraction of sp³-hybridized carbons (Fsp3) is 1.00. The van der Waals surface area contributed by atoms with Crippen LogP contribution in [-0.4, -0.2) is 22.5 Å². The van der Waals surface area contributed by atoms with Gasteiger partial charge in [0, 0.05) is 20.0 Å². The highest BCUT2D eigenvalue weighted by Crippen LogP contribution is 2.37. The lowest BCUT2D eigenvalue weighted by Crippen LogP contribution is -2.28. The average molecular weight is 334 g/mol. The average Bonchev–Trinajstić information content (AvgIpc) is 2.43. The summed E-state index contributed by atoms with van der Waals surface area (Å²) in [5, 5.41) is 0. The lowest BCUT2D eigenvalue weighted by molar-refractivity contribution is 0.333. The third kappa shape index (κ3) is 14.1. The summed E-state index contributed by atoms with van der Waals surface area (Å²) in [7, 11) is 0.946. The van der Waals surface area contributed by atoms with Crippen LogP contribution in [0.2, 0.25) is 0 Å². The quantitative estimate of drug-likeness (QED) is 0.229. The third-order valence-corrected chi connectivity index (χ3v) is 7.38. The maximum absolute atomic E-state index is 2.61. The molecule has 1 atom stereocenters. The van der Waals surface area contributed by atoms with E-state index in [1.165, 1.54) is 70.0 Å². The van der Waals surface area contributed by atoms with Gasteiger partial charge in [-0.05, 0) is 39.9 Å². The SMILES string of the molecule is CCCCCCCCCCCCSPN(C(C)C)C(C)C. The van der Waals surface area contributed by atoms with Crippen molar-refractivity contribution in [2.45, 2.75) is 111 Å². The zero-order chi connectivity index (χ0) is 15.9. The van der Waals surface area contributed by atoms with Gasteiger partial charge < -0.3 is 0 Å². The van der Waals surface area contributed by atoms with Crippen LogP contribution >= 0.6 is 19.3 Å². The summed E-state index contributed by atoms with van der Waals surface area (Å²) in [4.78, 5) is 0. The number of rotatable bonds is 15. The van der Waals surface area contributed by atoms with Crippen LogP contribution in [0.15, 0.2) is 0 Å². The van der Waals surface area contributed by atoms with Crippen LogP contribution in [0.1, 0.15) is 98.8 Å². The minimum Gasteiger partial charge on any atom is -0.271 e. The standard InChI is InChI=1S/C18H40NPS/c1-6-7-8-9-10-11-12-13-14-15-16-21-20-19(17(2)3)18(4)5/h17-18,20H,6-16H2,1-5H3. The van der Waals surface area contributed by atoms with E-state index in [1.807, 2.05) is 0 Å². The molecule has 128 valence electrons. The fourth-order valence-corrected chi connectivity index (χ4v) is 6.02. The van der Waals surface area contributed by atoms with Gasteiger partial charge in [0.2, 0.25) is 0 Å². The Morgan fingerprint density at radius 1 is 0.714 bits per heavy atom. The number of hydrogen-bond acceptors (Lipinski definition) is 2. The summed E-state index contributed by atoms with van der Waals surface area (Å²) in [5.74, 6) is 1.35. The van der Waals surface area contributed by atoms with Crippen LogP contribution < -0.4 is 0 Å². The Balaban J connectivity index is 3.25. The maximum Gasteiger partial charge on any atom is 0.0105 e. The molecule has 1 unspecified atom stereocenters. The molecule has 0 bridgehead atoms. The summed E-state index contributed by atoms with van der Waals surface area (Å²) in [6.07, 6.45) is 14.4. The fourth-order valence-electron chi connectivity index (χ4n) is 2.59. The van der Waals surface area contributed by atoms with Crippen molar-refractivity contribution in [2.24, 2.45) is 0 Å². The summed E-state index contributed by atoms with van der Waals surface area (Å²) in [5.41, 5.74) is 0. The van der Waals surface area contributed by atoms with Gasteiger partial charge in [0.25, 0.3) is 0 Å². The first-order valence-electron chi connectivity index (χ1n) is 9.25. The van der Waals surface area contributed by atoms with E-state index in [-0.39, 0.29) is 0 Å². The Labute approximate surface area is 141 Å². The highest BCUT2D eigenvalue weighted by Gasteiger charge is 2.12. The highest BCUT2D eigenvalue weighted by molar-refractivity contribution is 8.48. The van der Waals surface area contributed by atoms with E-state index in [4.69, 9.17) is 0 Å². The van der Waals surface area contributed by atoms with Crippen LogP contribution in [0.3, 0.4) is 0 Å². The topological polar surface area (TPSA) is 3.24 Å². The molecule has 0 heterocycles. The van der Waals surface area contributed by atoms with Crippen LogP contribution in [-0.2, 0) is 0 Å². The van der Waals surface area contributed by atoms with Crippen molar-refractivity contribution in [3.63, 3.8) is 0 Å². The number of nitrogens with zero attached hydrogens (tertiary/aromatic N) is 1. The lowest BCUT2D eigenvalue weighted by atomic mass is 10.1. The van der Waals surface area contributed by atoms with Gasteiger partial charge in [-0.25, -0.2) is 0 Å². The molecule has 0 N–H and O–H groups in total. The van der Waals surface area contributed by atoms with Crippen molar-refractivity contribution in [2.75, 3.05) is 5.75 Å². The van der Waals surface area contributed by atoms with Crippen molar-refractivity contribution in [1.82, 2.24) is 4.67 Å². The van der Waals surface area contributed by atoms with E-state index >= 15 is 0 Å². The second-order valence-electron chi connectivity index (χ2n) is 6.72. The molecule has 0 aromatic rings. The van der Waals surface area contributed by atoms with Crippen LogP contribution in [0, 0.1) is 0 Å². The maximum atomic E-state index is 2.61. The molecule has 1 nitrogen and oxygen atoms in total. The molecule has 0 aromatic heterocycles. The van der Waals surface area contributed by atoms with Gasteiger partial charge in [0.05, 0.1) is 0 Å². The Kier molecular flexibility index (Phi) is 16.2. The second-order valence-corrected chi connectivity index (χ2v) is 9.53. The number of hydrogen-bond donors (Lipinski definition) is 0. The first-order valence-corrected chi connectivity index (χ1v) is 11.9. The summed E-state index contributed by atoms with van der Waals surface area (Å²) >= 11 is 2.15. The Hall–Kier alpha value is 0.740. The molecule has 0 aliphatic heterocycles. The van der Waals surface area contributed by atoms with E-state index in [2.05, 4.69) is 50.7 Å². The summed E-state index contributed by atoms with van der Waals surface area (Å²) < 4.78 is 2.61. The van der Waals surface area contributed by atoms with Crippen LogP contribution in [0.5, 0.6) is 0 Å². The van der Waals surface area contributed by atoms with Gasteiger partial charge in [-0.1, -0.05) is 64.7 Å². The van der Waals surface area contributed by atoms with Crippen LogP contribution in [0.4, 0.5) is 0 Å². The predicted molar refractivity (Wildman–Crippen MR) is 105 cm³/mol. The summed E-state index contributed by atoms with van der Waals surface area (Å²) in [6.45, 7) is 11.5. The van der Waals surface area contributed by atoms with Crippen molar-refractivity contribution in [1.29, 1.82) is 0 Å². The molecule has 0 radical (unpaired) electrons. The molecule has 0 rings (SSSR count). The second kappa shape index (κ2) is 15.6. The van der Waals surface area contributed by atoms with E-state index in [0.717, 1.165) is 7.93 Å². The van der Waals surface area contributed by atoms with Gasteiger partial charge in [-0.3, -0.25) is 4.67 Å². The molecule has 0 saturated heterocycles. The first-order chi connectivity index (χ1) is 10.1. The van der Waals surface area contributed by atoms with Gasteiger partial charge in [-0.15, -0.1) is 11.4 Å². The van der Waals surface area contributed by atoms with Crippen molar-refractivity contribution >= 4 is 19.3 Å². The molecule has 0 aromatic carbocycles. The van der Waals surface area contributed by atoms with Gasteiger partial charge in [-0.2, -0.15) is 0 Å². The molecule has 0 aliphatic carbocycles. The number of unbranched alkanes of at least 4 members (excludes halogenated alkanes) is 9. The zero-order valence-electron chi connectivity index (χ0n) is 15.3. The van der Waals surface area contributed by atoms with E-state index in [9.17, 15) is 0 Å². The Bertz CT molecular complexity index is 201. The lowest BCUT2D eigenvalue weighted by Gasteiger charge is -2.29. The van der Waals surface area contributed by atoms with Crippen molar-refractivity contribution in [3.8, 4) is 0 Å². The van der Waals surface area contributed by atoms with Gasteiger partial charge in [0.1, 0.15) is 0 Å². The molecule has 0 aliphatic rings. The van der Waals surface area contributed by atoms with Gasteiger partial charge in [0.15, 0.2) is 0 Å². The Morgan fingerprint density at radius 3 is 1.57 bits per heavy atom. The van der Waals surface area contributed by atoms with E-state index in [1.54, 1.807) is 0 Å². The molecule has 0 spiro atoms. The third-order valence-electron chi connectivity index (χ3n) is 3.88. The molecule has 0 saturated carbocycles. The van der Waals surface area contributed by atoms with Crippen molar-refractivity contribution < 1.29 is 0 Å². The normalized spacial score (nSPS) is 12.6. The molecule has 3 heteroatoms. The van der Waals surface area contributed by atoms with E-state index in [0.29, 0.717) is 12.1 Å². The van der Waals surface area contributed by atoms with E-state index < -0.39 is 0 Å². The predicted octanol–water partition coefficient (Wildman–Crippen LogP) is 7.27. The summed E-state index contributed by atoms with van der Waals surface area (Å²) in [6, 6.07) is 1.37.